The summed E-state index contributed by atoms with van der Waals surface area (Å²) < 4.78 is 24.7. The molecule has 1 heterocycles. The Bertz CT molecular complexity index is 383. The highest BCUT2D eigenvalue weighted by Crippen LogP contribution is 2.30. The van der Waals surface area contributed by atoms with Crippen molar-refractivity contribution in [3.8, 4) is 0 Å². The van der Waals surface area contributed by atoms with Crippen LogP contribution in [0, 0.1) is 0 Å². The second-order valence-corrected chi connectivity index (χ2v) is 2.83. The average Bonchev–Trinajstić information content (AvgIpc) is 2.08. The molecular formula is C7H6ClF2N3O. The lowest BCUT2D eigenvalue weighted by atomic mass is 10.1. The van der Waals surface area contributed by atoms with Gasteiger partial charge in [0.15, 0.2) is 0 Å². The largest absolute Gasteiger partial charge is 0.382 e. The number of carbonyl (C=O) groups excluding carboxylic acids is 1. The van der Waals surface area contributed by atoms with Gasteiger partial charge >= 0.3 is 0 Å². The summed E-state index contributed by atoms with van der Waals surface area (Å²) in [7, 11) is 0. The molecule has 4 N–H and O–H groups in total. The van der Waals surface area contributed by atoms with E-state index in [9.17, 15) is 13.6 Å². The molecule has 0 bridgehead atoms. The van der Waals surface area contributed by atoms with Crippen LogP contribution in [0.5, 0.6) is 0 Å². The number of primary amides is 1. The third kappa shape index (κ3) is 1.74. The molecule has 0 aliphatic heterocycles. The first-order valence-corrected chi connectivity index (χ1v) is 3.84. The summed E-state index contributed by atoms with van der Waals surface area (Å²) in [4.78, 5) is 14.2. The van der Waals surface area contributed by atoms with Gasteiger partial charge in [0.05, 0.1) is 16.1 Å². The molecular weight excluding hydrogens is 216 g/mol. The molecule has 0 aliphatic rings. The van der Waals surface area contributed by atoms with Crippen LogP contribution in [0.1, 0.15) is 22.3 Å². The smallest absolute Gasteiger partial charge is 0.266 e. The van der Waals surface area contributed by atoms with Gasteiger partial charge in [0.2, 0.25) is 0 Å². The number of nitrogens with zero attached hydrogens (tertiary/aromatic N) is 1. The fraction of sp³-hybridized carbons (Fsp3) is 0.143. The van der Waals surface area contributed by atoms with Crippen molar-refractivity contribution in [1.82, 2.24) is 4.98 Å². The maximum atomic E-state index is 12.4. The molecule has 1 amide bonds. The number of amides is 1. The topological polar surface area (TPSA) is 82.0 Å². The van der Waals surface area contributed by atoms with Crippen molar-refractivity contribution in [1.29, 1.82) is 0 Å². The number of halogens is 3. The Labute approximate surface area is 82.9 Å². The van der Waals surface area contributed by atoms with Crippen LogP contribution in [-0.4, -0.2) is 10.9 Å². The molecule has 0 atom stereocenters. The van der Waals surface area contributed by atoms with E-state index in [0.717, 1.165) is 6.20 Å². The number of hydrogen-bond acceptors (Lipinski definition) is 3. The van der Waals surface area contributed by atoms with Gasteiger partial charge in [0.25, 0.3) is 12.3 Å². The second-order valence-electron chi connectivity index (χ2n) is 2.45. The van der Waals surface area contributed by atoms with Gasteiger partial charge < -0.3 is 11.5 Å². The van der Waals surface area contributed by atoms with Gasteiger partial charge in [-0.05, 0) is 0 Å². The van der Waals surface area contributed by atoms with E-state index in [2.05, 4.69) is 4.98 Å². The Hall–Kier alpha value is -1.43. The van der Waals surface area contributed by atoms with E-state index in [1.54, 1.807) is 0 Å². The zero-order valence-corrected chi connectivity index (χ0v) is 7.55. The van der Waals surface area contributed by atoms with Crippen LogP contribution in [0.25, 0.3) is 0 Å². The first-order chi connectivity index (χ1) is 6.45. The molecule has 0 fully saturated rings. The predicted octanol–water partition coefficient (Wildman–Crippen LogP) is 1.35. The number of alkyl halides is 2. The van der Waals surface area contributed by atoms with E-state index in [0.29, 0.717) is 0 Å². The van der Waals surface area contributed by atoms with Crippen LogP contribution in [-0.2, 0) is 0 Å². The number of pyridine rings is 1. The molecule has 14 heavy (non-hydrogen) atoms. The Balaban J connectivity index is 3.45. The van der Waals surface area contributed by atoms with Crippen molar-refractivity contribution < 1.29 is 13.6 Å². The zero-order valence-electron chi connectivity index (χ0n) is 6.80. The van der Waals surface area contributed by atoms with Crippen LogP contribution in [0.4, 0.5) is 14.6 Å². The van der Waals surface area contributed by atoms with E-state index in [1.807, 2.05) is 0 Å². The lowest BCUT2D eigenvalue weighted by Crippen LogP contribution is -2.16. The molecule has 1 aromatic rings. The van der Waals surface area contributed by atoms with Crippen LogP contribution < -0.4 is 11.5 Å². The third-order valence-electron chi connectivity index (χ3n) is 1.56. The first kappa shape index (κ1) is 10.6. The SMILES string of the molecule is NC(=O)c1c(C(F)F)cnc(N)c1Cl. The molecule has 0 radical (unpaired) electrons. The number of rotatable bonds is 2. The summed E-state index contributed by atoms with van der Waals surface area (Å²) in [5.41, 5.74) is 9.02. The van der Waals surface area contributed by atoms with Crippen molar-refractivity contribution in [3.05, 3.63) is 22.3 Å². The Morgan fingerprint density at radius 2 is 2.14 bits per heavy atom. The average molecular weight is 222 g/mol. The zero-order chi connectivity index (χ0) is 10.9. The van der Waals surface area contributed by atoms with E-state index >= 15 is 0 Å². The third-order valence-corrected chi connectivity index (χ3v) is 1.94. The van der Waals surface area contributed by atoms with Crippen molar-refractivity contribution in [2.45, 2.75) is 6.43 Å². The van der Waals surface area contributed by atoms with Crippen LogP contribution in [0.15, 0.2) is 6.20 Å². The van der Waals surface area contributed by atoms with E-state index < -0.39 is 23.5 Å². The highest BCUT2D eigenvalue weighted by Gasteiger charge is 2.21. The fourth-order valence-corrected chi connectivity index (χ4v) is 1.18. The molecule has 0 aromatic carbocycles. The van der Waals surface area contributed by atoms with E-state index in [4.69, 9.17) is 23.1 Å². The van der Waals surface area contributed by atoms with Crippen LogP contribution in [0.2, 0.25) is 5.02 Å². The molecule has 0 unspecified atom stereocenters. The number of hydrogen-bond donors (Lipinski definition) is 2. The Morgan fingerprint density at radius 1 is 1.57 bits per heavy atom. The summed E-state index contributed by atoms with van der Waals surface area (Å²) in [6.07, 6.45) is -2.09. The molecule has 1 rings (SSSR count). The summed E-state index contributed by atoms with van der Waals surface area (Å²) in [6, 6.07) is 0. The van der Waals surface area contributed by atoms with Gasteiger partial charge in [-0.1, -0.05) is 11.6 Å². The van der Waals surface area contributed by atoms with Crippen LogP contribution in [0.3, 0.4) is 0 Å². The Kier molecular flexibility index (Phi) is 2.85. The number of aromatic nitrogens is 1. The predicted molar refractivity (Wildman–Crippen MR) is 47.1 cm³/mol. The molecule has 0 spiro atoms. The highest BCUT2D eigenvalue weighted by molar-refractivity contribution is 6.36. The van der Waals surface area contributed by atoms with Crippen molar-refractivity contribution in [2.24, 2.45) is 5.73 Å². The molecule has 4 nitrogen and oxygen atoms in total. The number of carbonyl (C=O) groups is 1. The minimum Gasteiger partial charge on any atom is -0.382 e. The Morgan fingerprint density at radius 3 is 2.57 bits per heavy atom. The summed E-state index contributed by atoms with van der Waals surface area (Å²) in [5, 5.41) is -0.338. The van der Waals surface area contributed by atoms with Crippen molar-refractivity contribution in [3.63, 3.8) is 0 Å². The maximum absolute atomic E-state index is 12.4. The summed E-state index contributed by atoms with van der Waals surface area (Å²) in [6.45, 7) is 0. The van der Waals surface area contributed by atoms with Crippen LogP contribution >= 0.6 is 11.6 Å². The normalized spacial score (nSPS) is 10.6. The van der Waals surface area contributed by atoms with Gasteiger partial charge in [0, 0.05) is 6.20 Å². The van der Waals surface area contributed by atoms with Gasteiger partial charge in [-0.15, -0.1) is 0 Å². The highest BCUT2D eigenvalue weighted by atomic mass is 35.5. The quantitative estimate of drug-likeness (QED) is 0.791. The number of nitrogens with two attached hydrogens (primary N) is 2. The lowest BCUT2D eigenvalue weighted by Gasteiger charge is -2.08. The van der Waals surface area contributed by atoms with Crippen molar-refractivity contribution in [2.75, 3.05) is 5.73 Å². The maximum Gasteiger partial charge on any atom is 0.266 e. The minimum absolute atomic E-state index is 0.204. The number of anilines is 1. The number of nitrogen functional groups attached to an aromatic ring is 1. The molecule has 7 heteroatoms. The van der Waals surface area contributed by atoms with E-state index in [1.165, 1.54) is 0 Å². The fourth-order valence-electron chi connectivity index (χ4n) is 0.931. The van der Waals surface area contributed by atoms with Gasteiger partial charge in [0.1, 0.15) is 5.82 Å². The van der Waals surface area contributed by atoms with Gasteiger partial charge in [-0.3, -0.25) is 4.79 Å². The molecule has 1 aromatic heterocycles. The molecule has 0 saturated carbocycles. The minimum atomic E-state index is -2.87. The molecule has 0 saturated heterocycles. The lowest BCUT2D eigenvalue weighted by molar-refractivity contribution is 0.0986. The molecule has 76 valence electrons. The van der Waals surface area contributed by atoms with Gasteiger partial charge in [-0.25, -0.2) is 13.8 Å². The standard InChI is InChI=1S/C7H6ClF2N3O/c8-4-3(7(12)14)2(5(9)10)1-13-6(4)11/h1,5H,(H2,11,13)(H2,12,14). The monoisotopic (exact) mass is 221 g/mol. The van der Waals surface area contributed by atoms with E-state index in [-0.39, 0.29) is 10.8 Å². The van der Waals surface area contributed by atoms with Crippen molar-refractivity contribution >= 4 is 23.3 Å². The summed E-state index contributed by atoms with van der Waals surface area (Å²) in [5.74, 6) is -1.26. The van der Waals surface area contributed by atoms with Gasteiger partial charge in [-0.2, -0.15) is 0 Å². The first-order valence-electron chi connectivity index (χ1n) is 3.47. The molecule has 0 aliphatic carbocycles. The summed E-state index contributed by atoms with van der Waals surface area (Å²) >= 11 is 5.52. The second kappa shape index (κ2) is 3.75.